The van der Waals surface area contributed by atoms with Crippen molar-refractivity contribution in [2.45, 2.75) is 25.7 Å². The highest BCUT2D eigenvalue weighted by molar-refractivity contribution is 5.87. The van der Waals surface area contributed by atoms with E-state index in [1.807, 2.05) is 12.1 Å². The van der Waals surface area contributed by atoms with E-state index in [1.54, 1.807) is 12.1 Å². The lowest BCUT2D eigenvalue weighted by atomic mass is 9.86. The first-order valence-corrected chi connectivity index (χ1v) is 8.81. The minimum atomic E-state index is -0.232. The highest BCUT2D eigenvalue weighted by Gasteiger charge is 2.26. The van der Waals surface area contributed by atoms with Crippen molar-refractivity contribution in [3.8, 4) is 0 Å². The lowest BCUT2D eigenvalue weighted by Gasteiger charge is -2.22. The van der Waals surface area contributed by atoms with Gasteiger partial charge in [0.25, 0.3) is 0 Å². The number of benzene rings is 2. The number of aromatic nitrogens is 1. The average molecular weight is 336 g/mol. The summed E-state index contributed by atoms with van der Waals surface area (Å²) in [4.78, 5) is 16.0. The quantitative estimate of drug-likeness (QED) is 0.748. The van der Waals surface area contributed by atoms with Gasteiger partial charge in [0.15, 0.2) is 0 Å². The zero-order valence-electron chi connectivity index (χ0n) is 14.0. The molecule has 4 rings (SSSR count). The molecule has 1 aliphatic rings. The van der Waals surface area contributed by atoms with Crippen LogP contribution in [0, 0.1) is 11.7 Å². The number of fused-ring (bicyclic) bond motifs is 3. The molecule has 0 spiro atoms. The molecule has 2 N–H and O–H groups in total. The summed E-state index contributed by atoms with van der Waals surface area (Å²) in [5, 5.41) is 4.28. The number of para-hydroxylation sites is 1. The van der Waals surface area contributed by atoms with Crippen molar-refractivity contribution in [3.05, 3.63) is 71.2 Å². The van der Waals surface area contributed by atoms with E-state index in [0.717, 1.165) is 36.8 Å². The molecule has 0 radical (unpaired) electrons. The number of hydrogen-bond donors (Lipinski definition) is 2. The van der Waals surface area contributed by atoms with Gasteiger partial charge in [0.1, 0.15) is 5.82 Å². The first-order valence-electron chi connectivity index (χ1n) is 8.81. The molecule has 1 aromatic heterocycles. The smallest absolute Gasteiger partial charge is 0.223 e. The van der Waals surface area contributed by atoms with E-state index < -0.39 is 0 Å². The third-order valence-corrected chi connectivity index (χ3v) is 5.09. The van der Waals surface area contributed by atoms with E-state index >= 15 is 0 Å². The maximum Gasteiger partial charge on any atom is 0.223 e. The fourth-order valence-electron chi connectivity index (χ4n) is 3.72. The Morgan fingerprint density at radius 1 is 1.16 bits per heavy atom. The summed E-state index contributed by atoms with van der Waals surface area (Å²) in [6.45, 7) is 0.585. The Balaban J connectivity index is 1.37. The monoisotopic (exact) mass is 336 g/mol. The summed E-state index contributed by atoms with van der Waals surface area (Å²) in [6.07, 6.45) is 3.31. The van der Waals surface area contributed by atoms with Gasteiger partial charge in [-0.05, 0) is 55.0 Å². The van der Waals surface area contributed by atoms with Gasteiger partial charge in [0.05, 0.1) is 0 Å². The molecule has 3 aromatic rings. The summed E-state index contributed by atoms with van der Waals surface area (Å²) in [5.74, 6) is -0.0810. The summed E-state index contributed by atoms with van der Waals surface area (Å²) >= 11 is 0. The van der Waals surface area contributed by atoms with Crippen molar-refractivity contribution in [2.24, 2.45) is 5.92 Å². The van der Waals surface area contributed by atoms with E-state index in [2.05, 4.69) is 22.4 Å². The molecule has 0 aliphatic heterocycles. The molecule has 1 heterocycles. The number of carbonyl (C=O) groups is 1. The van der Waals surface area contributed by atoms with Crippen molar-refractivity contribution in [1.82, 2.24) is 10.3 Å². The lowest BCUT2D eigenvalue weighted by molar-refractivity contribution is -0.125. The molecule has 3 nitrogen and oxygen atoms in total. The van der Waals surface area contributed by atoms with Crippen molar-refractivity contribution in [1.29, 1.82) is 0 Å². The third kappa shape index (κ3) is 3.29. The molecular weight excluding hydrogens is 315 g/mol. The number of aromatic amines is 1. The van der Waals surface area contributed by atoms with Crippen molar-refractivity contribution < 1.29 is 9.18 Å². The first-order chi connectivity index (χ1) is 12.2. The number of rotatable bonds is 4. The second kappa shape index (κ2) is 6.71. The van der Waals surface area contributed by atoms with Gasteiger partial charge >= 0.3 is 0 Å². The minimum absolute atomic E-state index is 0.0277. The highest BCUT2D eigenvalue weighted by Crippen LogP contribution is 2.31. The molecule has 25 heavy (non-hydrogen) atoms. The van der Waals surface area contributed by atoms with Gasteiger partial charge in [0.2, 0.25) is 5.91 Å². The van der Waals surface area contributed by atoms with Crippen LogP contribution in [0.3, 0.4) is 0 Å². The fourth-order valence-corrected chi connectivity index (χ4v) is 3.72. The van der Waals surface area contributed by atoms with E-state index in [-0.39, 0.29) is 17.6 Å². The standard InChI is InChI=1S/C21H21FN2O/c22-16-8-5-14(6-9-16)11-12-23-21(25)15-7-10-20-18(13-15)17-3-1-2-4-19(17)24-20/h1-6,8-9,15,24H,7,10-13H2,(H,23,25). The van der Waals surface area contributed by atoms with E-state index in [1.165, 1.54) is 28.8 Å². The third-order valence-electron chi connectivity index (χ3n) is 5.09. The maximum absolute atomic E-state index is 12.9. The Hall–Kier alpha value is -2.62. The van der Waals surface area contributed by atoms with Crippen molar-refractivity contribution in [3.63, 3.8) is 0 Å². The Bertz CT molecular complexity index is 898. The summed E-state index contributed by atoms with van der Waals surface area (Å²) < 4.78 is 12.9. The number of nitrogens with one attached hydrogen (secondary N) is 2. The minimum Gasteiger partial charge on any atom is -0.358 e. The molecule has 0 saturated heterocycles. The second-order valence-electron chi connectivity index (χ2n) is 6.73. The van der Waals surface area contributed by atoms with Crippen LogP contribution in [0.25, 0.3) is 10.9 Å². The number of amides is 1. The molecule has 2 aromatic carbocycles. The van der Waals surface area contributed by atoms with Crippen LogP contribution in [-0.2, 0) is 24.1 Å². The van der Waals surface area contributed by atoms with Crippen LogP contribution >= 0.6 is 0 Å². The number of carbonyl (C=O) groups excluding carboxylic acids is 1. The normalized spacial score (nSPS) is 16.6. The largest absolute Gasteiger partial charge is 0.358 e. The van der Waals surface area contributed by atoms with Gasteiger partial charge in [-0.15, -0.1) is 0 Å². The van der Waals surface area contributed by atoms with Gasteiger partial charge in [0, 0.05) is 29.1 Å². The van der Waals surface area contributed by atoms with Gasteiger partial charge < -0.3 is 10.3 Å². The molecule has 128 valence electrons. The van der Waals surface area contributed by atoms with E-state index in [0.29, 0.717) is 6.54 Å². The first kappa shape index (κ1) is 15.9. The van der Waals surface area contributed by atoms with Crippen molar-refractivity contribution >= 4 is 16.8 Å². The fraction of sp³-hybridized carbons (Fsp3) is 0.286. The predicted molar refractivity (Wildman–Crippen MR) is 96.9 cm³/mol. The lowest BCUT2D eigenvalue weighted by Crippen LogP contribution is -2.35. The number of aryl methyl sites for hydroxylation is 1. The molecule has 1 aliphatic carbocycles. The average Bonchev–Trinajstić information content (AvgIpc) is 3.01. The molecule has 1 atom stereocenters. The molecule has 1 amide bonds. The summed E-state index contributed by atoms with van der Waals surface area (Å²) in [5.41, 5.74) is 4.76. The van der Waals surface area contributed by atoms with Crippen LogP contribution in [0.2, 0.25) is 0 Å². The van der Waals surface area contributed by atoms with Gasteiger partial charge in [-0.2, -0.15) is 0 Å². The van der Waals surface area contributed by atoms with Crippen molar-refractivity contribution in [2.75, 3.05) is 6.54 Å². The van der Waals surface area contributed by atoms with Crippen LogP contribution in [0.1, 0.15) is 23.2 Å². The highest BCUT2D eigenvalue weighted by atomic mass is 19.1. The Morgan fingerprint density at radius 3 is 2.80 bits per heavy atom. The number of halogens is 1. The Morgan fingerprint density at radius 2 is 1.96 bits per heavy atom. The topological polar surface area (TPSA) is 44.9 Å². The molecular formula is C21H21FN2O. The summed E-state index contributed by atoms with van der Waals surface area (Å²) in [6, 6.07) is 14.7. The van der Waals surface area contributed by atoms with Crippen LogP contribution < -0.4 is 5.32 Å². The van der Waals surface area contributed by atoms with Crippen LogP contribution in [0.5, 0.6) is 0 Å². The molecule has 0 fully saturated rings. The van der Waals surface area contributed by atoms with Gasteiger partial charge in [-0.3, -0.25) is 4.79 Å². The van der Waals surface area contributed by atoms with E-state index in [9.17, 15) is 9.18 Å². The second-order valence-corrected chi connectivity index (χ2v) is 6.73. The zero-order chi connectivity index (χ0) is 17.2. The number of hydrogen-bond acceptors (Lipinski definition) is 1. The molecule has 0 saturated carbocycles. The number of H-pyrrole nitrogens is 1. The Kier molecular flexibility index (Phi) is 4.26. The molecule has 1 unspecified atom stereocenters. The Labute approximate surface area is 146 Å². The summed E-state index contributed by atoms with van der Waals surface area (Å²) in [7, 11) is 0. The van der Waals surface area contributed by atoms with Gasteiger partial charge in [-0.25, -0.2) is 4.39 Å². The molecule has 0 bridgehead atoms. The predicted octanol–water partition coefficient (Wildman–Crippen LogP) is 3.77. The van der Waals surface area contributed by atoms with Gasteiger partial charge in [-0.1, -0.05) is 30.3 Å². The van der Waals surface area contributed by atoms with Crippen LogP contribution in [-0.4, -0.2) is 17.4 Å². The SMILES string of the molecule is O=C(NCCc1ccc(F)cc1)C1CCc2[nH]c3ccccc3c2C1. The zero-order valence-corrected chi connectivity index (χ0v) is 14.0. The maximum atomic E-state index is 12.9. The molecule has 4 heteroatoms. The van der Waals surface area contributed by atoms with Crippen LogP contribution in [0.4, 0.5) is 4.39 Å². The van der Waals surface area contributed by atoms with Crippen LogP contribution in [0.15, 0.2) is 48.5 Å². The van der Waals surface area contributed by atoms with E-state index in [4.69, 9.17) is 0 Å².